The first-order valence-corrected chi connectivity index (χ1v) is 4.05. The van der Waals surface area contributed by atoms with Crippen LogP contribution in [0.2, 0.25) is 0 Å². The lowest BCUT2D eigenvalue weighted by atomic mass is 10.1. The number of carbonyl (C=O) groups excluding carboxylic acids is 1. The molecule has 0 saturated carbocycles. The van der Waals surface area contributed by atoms with Crippen molar-refractivity contribution in [2.45, 2.75) is 6.04 Å². The van der Waals surface area contributed by atoms with Crippen LogP contribution in [0.15, 0.2) is 0 Å². The first-order valence-electron chi connectivity index (χ1n) is 4.05. The summed E-state index contributed by atoms with van der Waals surface area (Å²) in [5, 5.41) is 13.9. The summed E-state index contributed by atoms with van der Waals surface area (Å²) < 4.78 is 0. The van der Waals surface area contributed by atoms with Gasteiger partial charge in [-0.05, 0) is 7.05 Å². The van der Waals surface area contributed by atoms with Gasteiger partial charge in [0.1, 0.15) is 0 Å². The van der Waals surface area contributed by atoms with Crippen molar-refractivity contribution in [3.63, 3.8) is 0 Å². The van der Waals surface area contributed by atoms with Crippen LogP contribution in [0.5, 0.6) is 0 Å². The number of nitrogens with one attached hydrogen (secondary N) is 2. The molecule has 1 heterocycles. The molecule has 1 aliphatic heterocycles. The summed E-state index contributed by atoms with van der Waals surface area (Å²) in [4.78, 5) is 22.6. The first kappa shape index (κ1) is 9.79. The number of rotatable bonds is 3. The zero-order valence-electron chi connectivity index (χ0n) is 7.41. The maximum absolute atomic E-state index is 11.0. The summed E-state index contributed by atoms with van der Waals surface area (Å²) in [5.41, 5.74) is 0. The van der Waals surface area contributed by atoms with Crippen molar-refractivity contribution >= 4 is 12.0 Å². The molecular formula is C7H13N3O3. The van der Waals surface area contributed by atoms with Gasteiger partial charge in [0.25, 0.3) is 0 Å². The molecule has 1 rings (SSSR count). The topological polar surface area (TPSA) is 81.7 Å². The highest BCUT2D eigenvalue weighted by Gasteiger charge is 2.30. The van der Waals surface area contributed by atoms with Crippen molar-refractivity contribution < 1.29 is 14.7 Å². The van der Waals surface area contributed by atoms with E-state index in [4.69, 9.17) is 5.11 Å². The van der Waals surface area contributed by atoms with Gasteiger partial charge < -0.3 is 20.6 Å². The molecule has 3 N–H and O–H groups in total. The second kappa shape index (κ2) is 4.08. The fraction of sp³-hybridized carbons (Fsp3) is 0.714. The van der Waals surface area contributed by atoms with Crippen molar-refractivity contribution in [1.29, 1.82) is 0 Å². The average molecular weight is 187 g/mol. The minimum absolute atomic E-state index is 0.0167. The molecule has 6 heteroatoms. The van der Waals surface area contributed by atoms with Gasteiger partial charge in [-0.15, -0.1) is 0 Å². The smallest absolute Gasteiger partial charge is 0.407 e. The molecule has 0 bridgehead atoms. The van der Waals surface area contributed by atoms with Gasteiger partial charge in [-0.25, -0.2) is 4.79 Å². The Bertz CT molecular complexity index is 213. The predicted octanol–water partition coefficient (Wildman–Crippen LogP) is -1.32. The van der Waals surface area contributed by atoms with E-state index in [1.54, 1.807) is 7.05 Å². The number of likely N-dealkylation sites (N-methyl/N-ethyl adjacent to an activating group) is 1. The molecule has 0 aromatic rings. The molecule has 0 aliphatic carbocycles. The highest BCUT2D eigenvalue weighted by Crippen LogP contribution is 2.06. The van der Waals surface area contributed by atoms with Crippen molar-refractivity contribution in [3.05, 3.63) is 0 Å². The monoisotopic (exact) mass is 187 g/mol. The van der Waals surface area contributed by atoms with Crippen LogP contribution in [-0.4, -0.2) is 54.7 Å². The van der Waals surface area contributed by atoms with E-state index in [2.05, 4.69) is 10.6 Å². The van der Waals surface area contributed by atoms with Crippen LogP contribution in [0, 0.1) is 0 Å². The molecule has 1 fully saturated rings. The van der Waals surface area contributed by atoms with Crippen LogP contribution in [0.3, 0.4) is 0 Å². The van der Waals surface area contributed by atoms with Crippen LogP contribution in [-0.2, 0) is 4.79 Å². The van der Waals surface area contributed by atoms with Crippen molar-refractivity contribution in [1.82, 2.24) is 15.5 Å². The SMILES string of the molecule is CNCC(=O)NC1CN(C(=O)O)C1. The molecule has 0 aromatic heterocycles. The van der Waals surface area contributed by atoms with Gasteiger partial charge >= 0.3 is 6.09 Å². The normalized spacial score (nSPS) is 16.5. The quantitative estimate of drug-likeness (QED) is 0.512. The van der Waals surface area contributed by atoms with Gasteiger partial charge in [0.05, 0.1) is 12.6 Å². The zero-order valence-corrected chi connectivity index (χ0v) is 7.41. The molecule has 6 nitrogen and oxygen atoms in total. The molecule has 0 atom stereocenters. The minimum Gasteiger partial charge on any atom is -0.465 e. The number of carboxylic acid groups (broad SMARTS) is 1. The molecule has 0 radical (unpaired) electrons. The maximum Gasteiger partial charge on any atom is 0.407 e. The van der Waals surface area contributed by atoms with E-state index in [1.807, 2.05) is 0 Å². The predicted molar refractivity (Wildman–Crippen MR) is 45.5 cm³/mol. The van der Waals surface area contributed by atoms with E-state index in [1.165, 1.54) is 4.90 Å². The number of likely N-dealkylation sites (tertiary alicyclic amines) is 1. The second-order valence-electron chi connectivity index (χ2n) is 2.98. The van der Waals surface area contributed by atoms with Crippen LogP contribution in [0.4, 0.5) is 4.79 Å². The number of nitrogens with zero attached hydrogens (tertiary/aromatic N) is 1. The van der Waals surface area contributed by atoms with Gasteiger partial charge in [-0.3, -0.25) is 4.79 Å². The molecule has 74 valence electrons. The highest BCUT2D eigenvalue weighted by atomic mass is 16.4. The van der Waals surface area contributed by atoms with Crippen LogP contribution >= 0.6 is 0 Å². The molecule has 0 aromatic carbocycles. The van der Waals surface area contributed by atoms with E-state index < -0.39 is 6.09 Å². The standard InChI is InChI=1S/C7H13N3O3/c1-8-2-6(11)9-5-3-10(4-5)7(12)13/h5,8H,2-4H2,1H3,(H,9,11)(H,12,13). The molecule has 2 amide bonds. The van der Waals surface area contributed by atoms with E-state index in [9.17, 15) is 9.59 Å². The summed E-state index contributed by atoms with van der Waals surface area (Å²) in [6.45, 7) is 1.05. The summed E-state index contributed by atoms with van der Waals surface area (Å²) >= 11 is 0. The number of hydrogen-bond acceptors (Lipinski definition) is 3. The average Bonchev–Trinajstić information content (AvgIpc) is 1.95. The minimum atomic E-state index is -0.931. The van der Waals surface area contributed by atoms with Crippen molar-refractivity contribution in [2.24, 2.45) is 0 Å². The van der Waals surface area contributed by atoms with E-state index in [0.29, 0.717) is 13.1 Å². The summed E-state index contributed by atoms with van der Waals surface area (Å²) in [5.74, 6) is -0.0995. The third kappa shape index (κ3) is 2.59. The third-order valence-corrected chi connectivity index (χ3v) is 1.85. The summed E-state index contributed by atoms with van der Waals surface area (Å²) in [6, 6.07) is -0.0167. The molecule has 0 unspecified atom stereocenters. The molecular weight excluding hydrogens is 174 g/mol. The fourth-order valence-corrected chi connectivity index (χ4v) is 1.17. The van der Waals surface area contributed by atoms with Gasteiger partial charge in [0.2, 0.25) is 5.91 Å². The Hall–Kier alpha value is -1.30. The van der Waals surface area contributed by atoms with Gasteiger partial charge in [-0.2, -0.15) is 0 Å². The Morgan fingerprint density at radius 1 is 1.54 bits per heavy atom. The van der Waals surface area contributed by atoms with Gasteiger partial charge in [0.15, 0.2) is 0 Å². The van der Waals surface area contributed by atoms with E-state index >= 15 is 0 Å². The Morgan fingerprint density at radius 2 is 2.15 bits per heavy atom. The molecule has 0 spiro atoms. The van der Waals surface area contributed by atoms with Crippen molar-refractivity contribution in [3.8, 4) is 0 Å². The maximum atomic E-state index is 11.0. The zero-order chi connectivity index (χ0) is 9.84. The largest absolute Gasteiger partial charge is 0.465 e. The van der Waals surface area contributed by atoms with Crippen LogP contribution in [0.25, 0.3) is 0 Å². The number of amides is 2. The highest BCUT2D eigenvalue weighted by molar-refractivity contribution is 5.78. The van der Waals surface area contributed by atoms with Crippen molar-refractivity contribution in [2.75, 3.05) is 26.7 Å². The fourth-order valence-electron chi connectivity index (χ4n) is 1.17. The molecule has 1 aliphatic rings. The van der Waals surface area contributed by atoms with Gasteiger partial charge in [0, 0.05) is 13.1 Å². The lowest BCUT2D eigenvalue weighted by Gasteiger charge is -2.37. The number of carbonyl (C=O) groups is 2. The first-order chi connectivity index (χ1) is 6.13. The van der Waals surface area contributed by atoms with E-state index in [-0.39, 0.29) is 18.5 Å². The Morgan fingerprint density at radius 3 is 2.62 bits per heavy atom. The lowest BCUT2D eigenvalue weighted by Crippen LogP contribution is -2.61. The Balaban J connectivity index is 2.14. The van der Waals surface area contributed by atoms with Crippen LogP contribution in [0.1, 0.15) is 0 Å². The summed E-state index contributed by atoms with van der Waals surface area (Å²) in [6.07, 6.45) is -0.931. The molecule has 13 heavy (non-hydrogen) atoms. The van der Waals surface area contributed by atoms with Crippen LogP contribution < -0.4 is 10.6 Å². The number of hydrogen-bond donors (Lipinski definition) is 3. The molecule has 1 saturated heterocycles. The van der Waals surface area contributed by atoms with Gasteiger partial charge in [-0.1, -0.05) is 0 Å². The summed E-state index contributed by atoms with van der Waals surface area (Å²) in [7, 11) is 1.68. The van der Waals surface area contributed by atoms with E-state index in [0.717, 1.165) is 0 Å². The Kier molecular flexibility index (Phi) is 3.07. The Labute approximate surface area is 75.9 Å². The second-order valence-corrected chi connectivity index (χ2v) is 2.98. The third-order valence-electron chi connectivity index (χ3n) is 1.85. The lowest BCUT2D eigenvalue weighted by molar-refractivity contribution is -0.121.